The molecule has 0 heterocycles. The Bertz CT molecular complexity index is 477. The van der Waals surface area contributed by atoms with E-state index in [0.29, 0.717) is 11.3 Å². The van der Waals surface area contributed by atoms with Gasteiger partial charge in [0.15, 0.2) is 0 Å². The molecule has 1 rings (SSSR count). The molecule has 0 saturated heterocycles. The number of rotatable bonds is 4. The third kappa shape index (κ3) is 5.40. The maximum Gasteiger partial charge on any atom is 0.411 e. The van der Waals surface area contributed by atoms with E-state index in [1.807, 2.05) is 6.07 Å². The number of hydrogen-bond acceptors (Lipinski definition) is 3. The Hall–Kier alpha value is -2.07. The summed E-state index contributed by atoms with van der Waals surface area (Å²) in [5.74, 6) is -0.686. The monoisotopic (exact) mass is 272 g/mol. The van der Waals surface area contributed by atoms with Crippen LogP contribution in [-0.2, 0) is 9.53 Å². The molecule has 0 bridgehead atoms. The summed E-state index contributed by atoms with van der Waals surface area (Å²) in [5.41, 5.74) is 0.797. The lowest BCUT2D eigenvalue weighted by Crippen LogP contribution is -2.31. The van der Waals surface area contributed by atoms with Crippen molar-refractivity contribution in [2.75, 3.05) is 11.9 Å². The third-order valence-electron chi connectivity index (χ3n) is 2.15. The first-order chi connectivity index (χ1) is 8.81. The van der Waals surface area contributed by atoms with Crippen molar-refractivity contribution in [3.63, 3.8) is 0 Å². The van der Waals surface area contributed by atoms with E-state index in [1.165, 1.54) is 31.2 Å². The average Bonchev–Trinajstić information content (AvgIpc) is 2.36. The maximum atomic E-state index is 11.9. The summed E-state index contributed by atoms with van der Waals surface area (Å²) in [6.07, 6.45) is -5.69. The number of nitrogens with zero attached hydrogens (tertiary/aromatic N) is 1. The van der Waals surface area contributed by atoms with E-state index >= 15 is 0 Å². The van der Waals surface area contributed by atoms with Crippen LogP contribution in [0.3, 0.4) is 0 Å². The van der Waals surface area contributed by atoms with Crippen LogP contribution in [0.1, 0.15) is 12.5 Å². The zero-order valence-corrected chi connectivity index (χ0v) is 9.99. The summed E-state index contributed by atoms with van der Waals surface area (Å²) in [7, 11) is 0. The lowest BCUT2D eigenvalue weighted by atomic mass is 10.2. The summed E-state index contributed by atoms with van der Waals surface area (Å²) in [4.78, 5) is 11.5. The fraction of sp³-hybridized carbons (Fsp3) is 0.333. The number of carbonyl (C=O) groups is 1. The highest BCUT2D eigenvalue weighted by Gasteiger charge is 2.29. The summed E-state index contributed by atoms with van der Waals surface area (Å²) >= 11 is 0. The van der Waals surface area contributed by atoms with Crippen LogP contribution in [0.4, 0.5) is 18.9 Å². The van der Waals surface area contributed by atoms with E-state index in [-0.39, 0.29) is 0 Å². The van der Waals surface area contributed by atoms with Crippen LogP contribution in [-0.4, -0.2) is 24.8 Å². The number of ether oxygens (including phenoxy) is 1. The molecule has 1 aromatic carbocycles. The molecule has 7 heteroatoms. The van der Waals surface area contributed by atoms with E-state index in [9.17, 15) is 18.0 Å². The van der Waals surface area contributed by atoms with E-state index < -0.39 is 24.8 Å². The molecule has 1 N–H and O–H groups in total. The van der Waals surface area contributed by atoms with Crippen LogP contribution < -0.4 is 5.32 Å². The first-order valence-corrected chi connectivity index (χ1v) is 5.31. The molecule has 0 saturated carbocycles. The van der Waals surface area contributed by atoms with E-state index in [1.54, 1.807) is 0 Å². The lowest BCUT2D eigenvalue weighted by molar-refractivity contribution is -0.184. The smallest absolute Gasteiger partial charge is 0.359 e. The second kappa shape index (κ2) is 6.20. The summed E-state index contributed by atoms with van der Waals surface area (Å²) in [6, 6.07) is 7.83. The van der Waals surface area contributed by atoms with Crippen molar-refractivity contribution in [2.45, 2.75) is 19.2 Å². The number of carbonyl (C=O) groups excluding carboxylic acids is 1. The minimum Gasteiger partial charge on any atom is -0.359 e. The molecule has 0 aliphatic heterocycles. The molecule has 0 radical (unpaired) electrons. The van der Waals surface area contributed by atoms with Gasteiger partial charge in [-0.05, 0) is 31.2 Å². The molecule has 0 spiro atoms. The molecular formula is C12H11F3N2O2. The van der Waals surface area contributed by atoms with Crippen molar-refractivity contribution in [1.82, 2.24) is 0 Å². The van der Waals surface area contributed by atoms with Crippen LogP contribution in [0.25, 0.3) is 0 Å². The quantitative estimate of drug-likeness (QED) is 0.915. The zero-order chi connectivity index (χ0) is 14.5. The minimum absolute atomic E-state index is 0.381. The number of benzene rings is 1. The fourth-order valence-corrected chi connectivity index (χ4v) is 1.17. The Morgan fingerprint density at radius 1 is 1.42 bits per heavy atom. The molecule has 1 atom stereocenters. The van der Waals surface area contributed by atoms with Gasteiger partial charge in [-0.3, -0.25) is 4.79 Å². The predicted molar refractivity (Wildman–Crippen MR) is 61.3 cm³/mol. The Morgan fingerprint density at radius 3 is 2.47 bits per heavy atom. The molecule has 4 nitrogen and oxygen atoms in total. The molecule has 0 aliphatic carbocycles. The Kier molecular flexibility index (Phi) is 4.89. The lowest BCUT2D eigenvalue weighted by Gasteiger charge is -2.14. The summed E-state index contributed by atoms with van der Waals surface area (Å²) < 4.78 is 40.1. The van der Waals surface area contributed by atoms with Crippen LogP contribution in [0, 0.1) is 11.3 Å². The van der Waals surface area contributed by atoms with Gasteiger partial charge in [0.05, 0.1) is 11.6 Å². The number of nitriles is 1. The highest BCUT2D eigenvalue weighted by molar-refractivity contribution is 5.93. The molecule has 0 aromatic heterocycles. The van der Waals surface area contributed by atoms with Crippen LogP contribution >= 0.6 is 0 Å². The van der Waals surface area contributed by atoms with Crippen molar-refractivity contribution in [2.24, 2.45) is 0 Å². The average molecular weight is 272 g/mol. The van der Waals surface area contributed by atoms with Gasteiger partial charge in [-0.25, -0.2) is 0 Å². The van der Waals surface area contributed by atoms with E-state index in [0.717, 1.165) is 0 Å². The first-order valence-electron chi connectivity index (χ1n) is 5.31. The largest absolute Gasteiger partial charge is 0.411 e. The molecule has 0 aliphatic rings. The highest BCUT2D eigenvalue weighted by atomic mass is 19.4. The maximum absolute atomic E-state index is 11.9. The third-order valence-corrected chi connectivity index (χ3v) is 2.15. The normalized spacial score (nSPS) is 12.6. The SMILES string of the molecule is C[C@H](OCC(F)(F)F)C(=O)Nc1ccc(C#N)cc1. The molecular weight excluding hydrogens is 261 g/mol. The van der Waals surface area contributed by atoms with Gasteiger partial charge in [0.2, 0.25) is 0 Å². The molecule has 1 amide bonds. The number of amides is 1. The van der Waals surface area contributed by atoms with Gasteiger partial charge >= 0.3 is 6.18 Å². The molecule has 0 unspecified atom stereocenters. The van der Waals surface area contributed by atoms with Gasteiger partial charge in [0, 0.05) is 5.69 Å². The van der Waals surface area contributed by atoms with Crippen LogP contribution in [0.2, 0.25) is 0 Å². The van der Waals surface area contributed by atoms with Gasteiger partial charge in [-0.1, -0.05) is 0 Å². The topological polar surface area (TPSA) is 62.1 Å². The standard InChI is InChI=1S/C12H11F3N2O2/c1-8(19-7-12(13,14)15)11(18)17-10-4-2-9(6-16)3-5-10/h2-5,8H,7H2,1H3,(H,17,18)/t8-/m0/s1. The molecule has 19 heavy (non-hydrogen) atoms. The molecule has 1 aromatic rings. The number of hydrogen-bond donors (Lipinski definition) is 1. The second-order valence-corrected chi connectivity index (χ2v) is 3.75. The van der Waals surface area contributed by atoms with Gasteiger partial charge in [0.1, 0.15) is 12.7 Å². The Labute approximate surface area is 107 Å². The summed E-state index contributed by atoms with van der Waals surface area (Å²) in [5, 5.41) is 11.0. The van der Waals surface area contributed by atoms with E-state index in [2.05, 4.69) is 10.1 Å². The fourth-order valence-electron chi connectivity index (χ4n) is 1.17. The van der Waals surface area contributed by atoms with Crippen molar-refractivity contribution < 1.29 is 22.7 Å². The van der Waals surface area contributed by atoms with Crippen LogP contribution in [0.15, 0.2) is 24.3 Å². The Balaban J connectivity index is 2.52. The van der Waals surface area contributed by atoms with Crippen molar-refractivity contribution in [3.05, 3.63) is 29.8 Å². The van der Waals surface area contributed by atoms with Crippen molar-refractivity contribution in [1.29, 1.82) is 5.26 Å². The Morgan fingerprint density at radius 2 is 2.00 bits per heavy atom. The molecule has 0 fully saturated rings. The number of anilines is 1. The first kappa shape index (κ1) is 15.0. The van der Waals surface area contributed by atoms with E-state index in [4.69, 9.17) is 5.26 Å². The number of nitrogens with one attached hydrogen (secondary N) is 1. The van der Waals surface area contributed by atoms with Crippen molar-refractivity contribution >= 4 is 11.6 Å². The number of halogens is 3. The minimum atomic E-state index is -4.47. The summed E-state index contributed by atoms with van der Waals surface area (Å²) in [6.45, 7) is -0.250. The van der Waals surface area contributed by atoms with Crippen LogP contribution in [0.5, 0.6) is 0 Å². The van der Waals surface area contributed by atoms with Gasteiger partial charge in [0.25, 0.3) is 5.91 Å². The predicted octanol–water partition coefficient (Wildman–Crippen LogP) is 2.46. The zero-order valence-electron chi connectivity index (χ0n) is 9.99. The van der Waals surface area contributed by atoms with Gasteiger partial charge in [-0.15, -0.1) is 0 Å². The highest BCUT2D eigenvalue weighted by Crippen LogP contribution is 2.16. The molecule has 102 valence electrons. The number of alkyl halides is 3. The second-order valence-electron chi connectivity index (χ2n) is 3.75. The van der Waals surface area contributed by atoms with Gasteiger partial charge < -0.3 is 10.1 Å². The van der Waals surface area contributed by atoms with Gasteiger partial charge in [-0.2, -0.15) is 18.4 Å². The van der Waals surface area contributed by atoms with Crippen molar-refractivity contribution in [3.8, 4) is 6.07 Å².